The van der Waals surface area contributed by atoms with Gasteiger partial charge in [0.25, 0.3) is 0 Å². The maximum Gasteiger partial charge on any atom is 0.305 e. The third-order valence-electron chi connectivity index (χ3n) is 3.24. The maximum atomic E-state index is 10.8. The van der Waals surface area contributed by atoms with Crippen LogP contribution in [0.25, 0.3) is 0 Å². The van der Waals surface area contributed by atoms with Gasteiger partial charge in [-0.25, -0.2) is 4.98 Å². The molecule has 1 aromatic heterocycles. The molecule has 2 rings (SSSR count). The molecule has 2 aromatic rings. The zero-order valence-electron chi connectivity index (χ0n) is 11.6. The fraction of sp³-hybridized carbons (Fsp3) is 0.333. The van der Waals surface area contributed by atoms with Crippen molar-refractivity contribution < 1.29 is 9.90 Å². The molecule has 0 radical (unpaired) electrons. The summed E-state index contributed by atoms with van der Waals surface area (Å²) in [5, 5.41) is 8.89. The van der Waals surface area contributed by atoms with Gasteiger partial charge in [-0.3, -0.25) is 4.79 Å². The van der Waals surface area contributed by atoms with Gasteiger partial charge in [0, 0.05) is 37.7 Å². The molecule has 0 saturated heterocycles. The number of carbonyl (C=O) groups is 1. The highest BCUT2D eigenvalue weighted by atomic mass is 16.4. The highest BCUT2D eigenvalue weighted by Gasteiger charge is 2.10. The molecule has 1 heterocycles. The van der Waals surface area contributed by atoms with Crippen LogP contribution in [-0.4, -0.2) is 33.7 Å². The summed E-state index contributed by atoms with van der Waals surface area (Å²) in [5.41, 5.74) is 2.25. The second-order valence-electron chi connectivity index (χ2n) is 4.72. The first-order valence-corrected chi connectivity index (χ1v) is 6.65. The Hall–Kier alpha value is -2.30. The Morgan fingerprint density at radius 1 is 1.35 bits per heavy atom. The molecular weight excluding hydrogens is 254 g/mol. The van der Waals surface area contributed by atoms with Gasteiger partial charge in [0.05, 0.1) is 12.7 Å². The number of aryl methyl sites for hydroxylation is 1. The quantitative estimate of drug-likeness (QED) is 0.840. The zero-order valence-corrected chi connectivity index (χ0v) is 11.6. The predicted molar refractivity (Wildman–Crippen MR) is 77.9 cm³/mol. The van der Waals surface area contributed by atoms with Gasteiger partial charge in [-0.1, -0.05) is 18.2 Å². The van der Waals surface area contributed by atoms with E-state index in [1.165, 1.54) is 0 Å². The van der Waals surface area contributed by atoms with E-state index in [-0.39, 0.29) is 6.42 Å². The van der Waals surface area contributed by atoms with Crippen molar-refractivity contribution in [1.29, 1.82) is 0 Å². The first-order valence-electron chi connectivity index (χ1n) is 6.65. The van der Waals surface area contributed by atoms with Gasteiger partial charge in [-0.2, -0.15) is 0 Å². The lowest BCUT2D eigenvalue weighted by molar-refractivity contribution is -0.136. The van der Waals surface area contributed by atoms with Crippen molar-refractivity contribution in [3.63, 3.8) is 0 Å². The molecular formula is C15H19N3O2. The smallest absolute Gasteiger partial charge is 0.305 e. The Kier molecular flexibility index (Phi) is 4.76. The Bertz CT molecular complexity index is 552. The number of benzene rings is 1. The standard InChI is InChI=1S/C15H19N3O2/c1-13-4-2-3-5-14(13)18(8-6-15(19)20)11-10-17-9-7-16-12-17/h2-5,7,9,12H,6,8,10-11H2,1H3,(H,19,20). The Morgan fingerprint density at radius 3 is 2.80 bits per heavy atom. The normalized spacial score (nSPS) is 10.4. The van der Waals surface area contributed by atoms with Gasteiger partial charge >= 0.3 is 5.97 Å². The lowest BCUT2D eigenvalue weighted by Gasteiger charge is -2.26. The van der Waals surface area contributed by atoms with Gasteiger partial charge in [0.2, 0.25) is 0 Å². The van der Waals surface area contributed by atoms with Crippen molar-refractivity contribution in [3.8, 4) is 0 Å². The first-order chi connectivity index (χ1) is 9.66. The van der Waals surface area contributed by atoms with Crippen LogP contribution in [0.3, 0.4) is 0 Å². The molecule has 0 amide bonds. The Balaban J connectivity index is 2.07. The number of imidazole rings is 1. The zero-order chi connectivity index (χ0) is 14.4. The first kappa shape index (κ1) is 14.1. The molecule has 0 atom stereocenters. The number of rotatable bonds is 7. The van der Waals surface area contributed by atoms with Crippen molar-refractivity contribution in [2.45, 2.75) is 19.9 Å². The molecule has 0 unspecified atom stereocenters. The summed E-state index contributed by atoms with van der Waals surface area (Å²) >= 11 is 0. The summed E-state index contributed by atoms with van der Waals surface area (Å²) < 4.78 is 1.99. The van der Waals surface area contributed by atoms with Crippen LogP contribution in [0, 0.1) is 6.92 Å². The molecule has 0 spiro atoms. The minimum Gasteiger partial charge on any atom is -0.481 e. The lowest BCUT2D eigenvalue weighted by atomic mass is 10.1. The minimum atomic E-state index is -0.772. The van der Waals surface area contributed by atoms with Crippen molar-refractivity contribution in [2.24, 2.45) is 0 Å². The fourth-order valence-electron chi connectivity index (χ4n) is 2.16. The van der Waals surface area contributed by atoms with Crippen molar-refractivity contribution in [1.82, 2.24) is 9.55 Å². The monoisotopic (exact) mass is 273 g/mol. The SMILES string of the molecule is Cc1ccccc1N(CCC(=O)O)CCn1ccnc1. The van der Waals surface area contributed by atoms with Crippen LogP contribution in [0.15, 0.2) is 43.0 Å². The van der Waals surface area contributed by atoms with Crippen LogP contribution in [0.5, 0.6) is 0 Å². The number of carboxylic acids is 1. The van der Waals surface area contributed by atoms with Crippen LogP contribution in [0.1, 0.15) is 12.0 Å². The summed E-state index contributed by atoms with van der Waals surface area (Å²) in [4.78, 5) is 16.9. The molecule has 0 saturated carbocycles. The number of aromatic nitrogens is 2. The van der Waals surface area contributed by atoms with Gasteiger partial charge in [0.1, 0.15) is 0 Å². The second kappa shape index (κ2) is 6.75. The molecule has 0 aliphatic carbocycles. The molecule has 0 fully saturated rings. The summed E-state index contributed by atoms with van der Waals surface area (Å²) in [6.45, 7) is 4.09. The Morgan fingerprint density at radius 2 is 2.15 bits per heavy atom. The molecule has 1 aromatic carbocycles. The molecule has 20 heavy (non-hydrogen) atoms. The van der Waals surface area contributed by atoms with E-state index in [4.69, 9.17) is 5.11 Å². The largest absolute Gasteiger partial charge is 0.481 e. The number of hydrogen-bond donors (Lipinski definition) is 1. The highest BCUT2D eigenvalue weighted by molar-refractivity contribution is 5.68. The Labute approximate surface area is 118 Å². The molecule has 5 heteroatoms. The summed E-state index contributed by atoms with van der Waals surface area (Å²) in [6.07, 6.45) is 5.56. The van der Waals surface area contributed by atoms with E-state index >= 15 is 0 Å². The molecule has 106 valence electrons. The van der Waals surface area contributed by atoms with Crippen LogP contribution in [0.4, 0.5) is 5.69 Å². The third kappa shape index (κ3) is 3.85. The molecule has 0 bridgehead atoms. The van der Waals surface area contributed by atoms with Crippen molar-refractivity contribution in [2.75, 3.05) is 18.0 Å². The van der Waals surface area contributed by atoms with Crippen LogP contribution < -0.4 is 4.90 Å². The third-order valence-corrected chi connectivity index (χ3v) is 3.24. The lowest BCUT2D eigenvalue weighted by Crippen LogP contribution is -2.30. The van der Waals surface area contributed by atoms with Gasteiger partial charge in [0.15, 0.2) is 0 Å². The van der Waals surface area contributed by atoms with Crippen molar-refractivity contribution >= 4 is 11.7 Å². The second-order valence-corrected chi connectivity index (χ2v) is 4.72. The number of hydrogen-bond acceptors (Lipinski definition) is 3. The van der Waals surface area contributed by atoms with Crippen LogP contribution in [0.2, 0.25) is 0 Å². The fourth-order valence-corrected chi connectivity index (χ4v) is 2.16. The number of nitrogens with zero attached hydrogens (tertiary/aromatic N) is 3. The van der Waals surface area contributed by atoms with Gasteiger partial charge < -0.3 is 14.6 Å². The molecule has 0 aliphatic heterocycles. The van der Waals surface area contributed by atoms with E-state index < -0.39 is 5.97 Å². The average Bonchev–Trinajstić information content (AvgIpc) is 2.93. The van der Waals surface area contributed by atoms with E-state index in [0.29, 0.717) is 6.54 Å². The minimum absolute atomic E-state index is 0.137. The van der Waals surface area contributed by atoms with E-state index in [1.54, 1.807) is 12.5 Å². The van der Waals surface area contributed by atoms with Gasteiger partial charge in [-0.05, 0) is 18.6 Å². The van der Waals surface area contributed by atoms with Gasteiger partial charge in [-0.15, -0.1) is 0 Å². The van der Waals surface area contributed by atoms with E-state index in [1.807, 2.05) is 42.0 Å². The van der Waals surface area contributed by atoms with Crippen LogP contribution >= 0.6 is 0 Å². The van der Waals surface area contributed by atoms with Crippen LogP contribution in [-0.2, 0) is 11.3 Å². The summed E-state index contributed by atoms with van der Waals surface area (Å²) in [6, 6.07) is 8.04. The molecule has 5 nitrogen and oxygen atoms in total. The summed E-state index contributed by atoms with van der Waals surface area (Å²) in [7, 11) is 0. The maximum absolute atomic E-state index is 10.8. The molecule has 0 aliphatic rings. The van der Waals surface area contributed by atoms with E-state index in [0.717, 1.165) is 24.3 Å². The topological polar surface area (TPSA) is 58.4 Å². The van der Waals surface area contributed by atoms with E-state index in [2.05, 4.69) is 9.88 Å². The highest BCUT2D eigenvalue weighted by Crippen LogP contribution is 2.19. The predicted octanol–water partition coefficient (Wildman–Crippen LogP) is 2.17. The molecule has 1 N–H and O–H groups in total. The number of para-hydroxylation sites is 1. The number of carboxylic acid groups (broad SMARTS) is 1. The summed E-state index contributed by atoms with van der Waals surface area (Å²) in [5.74, 6) is -0.772. The number of aliphatic carboxylic acids is 1. The number of anilines is 1. The van der Waals surface area contributed by atoms with Crippen molar-refractivity contribution in [3.05, 3.63) is 48.5 Å². The van der Waals surface area contributed by atoms with E-state index in [9.17, 15) is 4.79 Å². The average molecular weight is 273 g/mol.